The minimum atomic E-state index is -1.10. The van der Waals surface area contributed by atoms with Crippen LogP contribution in [0.4, 0.5) is 4.79 Å². The highest BCUT2D eigenvalue weighted by Gasteiger charge is 2.38. The van der Waals surface area contributed by atoms with Gasteiger partial charge in [-0.3, -0.25) is 9.59 Å². The number of carbonyl (C=O) groups excluding carboxylic acids is 2. The van der Waals surface area contributed by atoms with Crippen molar-refractivity contribution in [3.63, 3.8) is 0 Å². The van der Waals surface area contributed by atoms with Crippen LogP contribution in [0.5, 0.6) is 0 Å². The second-order valence-electron chi connectivity index (χ2n) is 4.52. The standard InChI is InChI=1S/C11H18N2O5/c1-6-4-13(5-8(6)10(16)18-3)11(17)12-7(2)9(14)15/h6-8H,4-5H2,1-3H3,(H,12,17)(H,14,15)/t6?,7-,8?/m0/s1. The van der Waals surface area contributed by atoms with Gasteiger partial charge in [0.25, 0.3) is 0 Å². The van der Waals surface area contributed by atoms with Gasteiger partial charge in [-0.2, -0.15) is 0 Å². The predicted octanol–water partition coefficient (Wildman–Crippen LogP) is -0.0900. The molecule has 7 nitrogen and oxygen atoms in total. The molecule has 1 aliphatic rings. The fourth-order valence-electron chi connectivity index (χ4n) is 1.93. The molecule has 0 bridgehead atoms. The number of likely N-dealkylation sites (tertiary alicyclic amines) is 1. The maximum absolute atomic E-state index is 11.8. The molecule has 2 amide bonds. The van der Waals surface area contributed by atoms with E-state index in [4.69, 9.17) is 5.11 Å². The van der Waals surface area contributed by atoms with Crippen molar-refractivity contribution in [3.05, 3.63) is 0 Å². The Kier molecular flexibility index (Phi) is 4.52. The van der Waals surface area contributed by atoms with Crippen LogP contribution in [0.3, 0.4) is 0 Å². The van der Waals surface area contributed by atoms with Crippen molar-refractivity contribution in [2.45, 2.75) is 19.9 Å². The molecule has 0 aromatic heterocycles. The number of aliphatic carboxylic acids is 1. The molecule has 1 fully saturated rings. The largest absolute Gasteiger partial charge is 0.480 e. The van der Waals surface area contributed by atoms with Gasteiger partial charge in [-0.05, 0) is 12.8 Å². The van der Waals surface area contributed by atoms with Crippen molar-refractivity contribution in [1.29, 1.82) is 0 Å². The summed E-state index contributed by atoms with van der Waals surface area (Å²) in [6.45, 7) is 3.91. The van der Waals surface area contributed by atoms with Gasteiger partial charge in [-0.25, -0.2) is 4.79 Å². The molecule has 0 spiro atoms. The number of ether oxygens (including phenoxy) is 1. The molecule has 1 aliphatic heterocycles. The van der Waals surface area contributed by atoms with Gasteiger partial charge >= 0.3 is 18.0 Å². The second-order valence-corrected chi connectivity index (χ2v) is 4.52. The molecule has 1 rings (SSSR count). The Bertz CT molecular complexity index is 357. The number of esters is 1. The first-order valence-corrected chi connectivity index (χ1v) is 5.72. The van der Waals surface area contributed by atoms with Crippen LogP contribution >= 0.6 is 0 Å². The summed E-state index contributed by atoms with van der Waals surface area (Å²) in [7, 11) is 1.31. The summed E-state index contributed by atoms with van der Waals surface area (Å²) in [4.78, 5) is 35.3. The molecule has 1 saturated heterocycles. The molecule has 2 N–H and O–H groups in total. The van der Waals surface area contributed by atoms with Crippen LogP contribution in [0.25, 0.3) is 0 Å². The molecule has 18 heavy (non-hydrogen) atoms. The molecular formula is C11H18N2O5. The molecule has 3 atom stereocenters. The number of hydrogen-bond acceptors (Lipinski definition) is 4. The summed E-state index contributed by atoms with van der Waals surface area (Å²) in [6.07, 6.45) is 0. The fourth-order valence-corrected chi connectivity index (χ4v) is 1.93. The molecule has 2 unspecified atom stereocenters. The van der Waals surface area contributed by atoms with Crippen LogP contribution in [0.2, 0.25) is 0 Å². The van der Waals surface area contributed by atoms with Crippen LogP contribution in [0.1, 0.15) is 13.8 Å². The topological polar surface area (TPSA) is 95.9 Å². The number of hydrogen-bond donors (Lipinski definition) is 2. The van der Waals surface area contributed by atoms with Gasteiger partial charge in [-0.1, -0.05) is 6.92 Å². The number of rotatable bonds is 3. The van der Waals surface area contributed by atoms with E-state index in [0.29, 0.717) is 6.54 Å². The van der Waals surface area contributed by atoms with Gasteiger partial charge in [-0.15, -0.1) is 0 Å². The van der Waals surface area contributed by atoms with Crippen LogP contribution in [-0.4, -0.2) is 54.2 Å². The smallest absolute Gasteiger partial charge is 0.325 e. The Balaban J connectivity index is 2.57. The van der Waals surface area contributed by atoms with E-state index in [1.54, 1.807) is 0 Å². The normalized spacial score (nSPS) is 24.5. The zero-order valence-electron chi connectivity index (χ0n) is 10.7. The Morgan fingerprint density at radius 3 is 2.50 bits per heavy atom. The lowest BCUT2D eigenvalue weighted by atomic mass is 9.99. The number of carboxylic acids is 1. The Morgan fingerprint density at radius 2 is 2.00 bits per heavy atom. The van der Waals surface area contributed by atoms with E-state index in [1.165, 1.54) is 18.9 Å². The number of urea groups is 1. The van der Waals surface area contributed by atoms with E-state index < -0.39 is 18.0 Å². The predicted molar refractivity (Wildman–Crippen MR) is 61.9 cm³/mol. The molecule has 1 heterocycles. The average Bonchev–Trinajstić information content (AvgIpc) is 2.70. The van der Waals surface area contributed by atoms with Gasteiger partial charge < -0.3 is 20.1 Å². The highest BCUT2D eigenvalue weighted by molar-refractivity contribution is 5.83. The number of carboxylic acid groups (broad SMARTS) is 1. The maximum Gasteiger partial charge on any atom is 0.325 e. The number of nitrogens with one attached hydrogen (secondary N) is 1. The zero-order chi connectivity index (χ0) is 13.9. The molecule has 0 aromatic rings. The number of carbonyl (C=O) groups is 3. The molecule has 0 aliphatic carbocycles. The fraction of sp³-hybridized carbons (Fsp3) is 0.727. The number of nitrogens with zero attached hydrogens (tertiary/aromatic N) is 1. The minimum Gasteiger partial charge on any atom is -0.480 e. The molecule has 7 heteroatoms. The van der Waals surface area contributed by atoms with Gasteiger partial charge in [0.2, 0.25) is 0 Å². The van der Waals surface area contributed by atoms with Gasteiger partial charge in [0.1, 0.15) is 6.04 Å². The quantitative estimate of drug-likeness (QED) is 0.690. The lowest BCUT2D eigenvalue weighted by molar-refractivity contribution is -0.146. The molecule has 0 radical (unpaired) electrons. The third-order valence-electron chi connectivity index (χ3n) is 3.11. The van der Waals surface area contributed by atoms with E-state index in [2.05, 4.69) is 10.1 Å². The Labute approximate surface area is 105 Å². The van der Waals surface area contributed by atoms with Gasteiger partial charge in [0, 0.05) is 13.1 Å². The van der Waals surface area contributed by atoms with Crippen molar-refractivity contribution < 1.29 is 24.2 Å². The molecule has 102 valence electrons. The third-order valence-corrected chi connectivity index (χ3v) is 3.11. The molecule has 0 aromatic carbocycles. The van der Waals surface area contributed by atoms with E-state index >= 15 is 0 Å². The van der Waals surface area contributed by atoms with Crippen LogP contribution in [0.15, 0.2) is 0 Å². The van der Waals surface area contributed by atoms with Crippen molar-refractivity contribution in [2.75, 3.05) is 20.2 Å². The maximum atomic E-state index is 11.8. The first kappa shape index (κ1) is 14.3. The Hall–Kier alpha value is -1.79. The lowest BCUT2D eigenvalue weighted by Crippen LogP contribution is -2.46. The van der Waals surface area contributed by atoms with E-state index in [1.807, 2.05) is 6.92 Å². The van der Waals surface area contributed by atoms with E-state index in [0.717, 1.165) is 0 Å². The number of amides is 2. The summed E-state index contributed by atoms with van der Waals surface area (Å²) in [5.74, 6) is -1.78. The average molecular weight is 258 g/mol. The summed E-state index contributed by atoms with van der Waals surface area (Å²) < 4.78 is 4.66. The number of methoxy groups -OCH3 is 1. The third kappa shape index (κ3) is 3.12. The van der Waals surface area contributed by atoms with Crippen molar-refractivity contribution in [1.82, 2.24) is 10.2 Å². The summed E-state index contributed by atoms with van der Waals surface area (Å²) in [6, 6.07) is -1.42. The van der Waals surface area contributed by atoms with Crippen LogP contribution in [0, 0.1) is 11.8 Å². The summed E-state index contributed by atoms with van der Waals surface area (Å²) in [5, 5.41) is 11.1. The Morgan fingerprint density at radius 1 is 1.39 bits per heavy atom. The van der Waals surface area contributed by atoms with Crippen molar-refractivity contribution >= 4 is 18.0 Å². The summed E-state index contributed by atoms with van der Waals surface area (Å²) in [5.41, 5.74) is 0. The highest BCUT2D eigenvalue weighted by Crippen LogP contribution is 2.23. The van der Waals surface area contributed by atoms with Crippen LogP contribution < -0.4 is 5.32 Å². The van der Waals surface area contributed by atoms with Crippen molar-refractivity contribution in [3.8, 4) is 0 Å². The second kappa shape index (κ2) is 5.70. The lowest BCUT2D eigenvalue weighted by Gasteiger charge is -2.18. The zero-order valence-corrected chi connectivity index (χ0v) is 10.7. The van der Waals surface area contributed by atoms with E-state index in [-0.39, 0.29) is 24.3 Å². The highest BCUT2D eigenvalue weighted by atomic mass is 16.5. The van der Waals surface area contributed by atoms with E-state index in [9.17, 15) is 14.4 Å². The molecule has 0 saturated carbocycles. The summed E-state index contributed by atoms with van der Waals surface area (Å²) >= 11 is 0. The van der Waals surface area contributed by atoms with Gasteiger partial charge in [0.15, 0.2) is 0 Å². The van der Waals surface area contributed by atoms with Gasteiger partial charge in [0.05, 0.1) is 13.0 Å². The first-order chi connectivity index (χ1) is 8.36. The SMILES string of the molecule is COC(=O)C1CN(C(=O)N[C@@H](C)C(=O)O)CC1C. The minimum absolute atomic E-state index is 0.00309. The molecular weight excluding hydrogens is 240 g/mol. The first-order valence-electron chi connectivity index (χ1n) is 5.72. The van der Waals surface area contributed by atoms with Crippen LogP contribution in [-0.2, 0) is 14.3 Å². The van der Waals surface area contributed by atoms with Crippen molar-refractivity contribution in [2.24, 2.45) is 11.8 Å². The monoisotopic (exact) mass is 258 g/mol.